The summed E-state index contributed by atoms with van der Waals surface area (Å²) in [7, 11) is 1.46. The maximum absolute atomic E-state index is 13.7. The molecule has 0 heterocycles. The summed E-state index contributed by atoms with van der Waals surface area (Å²) in [6.45, 7) is 2.22. The van der Waals surface area contributed by atoms with Gasteiger partial charge in [0.25, 0.3) is 0 Å². The molecule has 1 aromatic carbocycles. The molecule has 0 aliphatic heterocycles. The molecule has 2 unspecified atom stereocenters. The van der Waals surface area contributed by atoms with Gasteiger partial charge >= 0.3 is 0 Å². The molecule has 0 aromatic heterocycles. The van der Waals surface area contributed by atoms with E-state index in [9.17, 15) is 9.50 Å². The van der Waals surface area contributed by atoms with Crippen molar-refractivity contribution in [2.75, 3.05) is 7.11 Å². The Morgan fingerprint density at radius 1 is 1.35 bits per heavy atom. The molecule has 0 amide bonds. The Balaban J connectivity index is 2.06. The van der Waals surface area contributed by atoms with Crippen molar-refractivity contribution < 1.29 is 14.2 Å². The van der Waals surface area contributed by atoms with Gasteiger partial charge in [0.1, 0.15) is 0 Å². The molecular formula is C17H25FO2. The van der Waals surface area contributed by atoms with Crippen LogP contribution in [-0.4, -0.2) is 17.8 Å². The minimum absolute atomic E-state index is 0.257. The van der Waals surface area contributed by atoms with Crippen LogP contribution in [0.1, 0.15) is 51.0 Å². The van der Waals surface area contributed by atoms with Crippen molar-refractivity contribution in [3.8, 4) is 5.75 Å². The van der Waals surface area contributed by atoms with E-state index in [2.05, 4.69) is 6.92 Å². The first kappa shape index (κ1) is 15.3. The van der Waals surface area contributed by atoms with E-state index in [0.29, 0.717) is 6.42 Å². The summed E-state index contributed by atoms with van der Waals surface area (Å²) in [6.07, 6.45) is 6.70. The molecule has 1 saturated carbocycles. The molecule has 0 saturated heterocycles. The Bertz CT molecular complexity index is 447. The molecule has 2 rings (SSSR count). The Kier molecular flexibility index (Phi) is 5.03. The van der Waals surface area contributed by atoms with Crippen LogP contribution >= 0.6 is 0 Å². The third-order valence-corrected chi connectivity index (χ3v) is 4.60. The zero-order chi connectivity index (χ0) is 14.6. The van der Waals surface area contributed by atoms with Crippen molar-refractivity contribution in [1.29, 1.82) is 0 Å². The maximum Gasteiger partial charge on any atom is 0.165 e. The van der Waals surface area contributed by atoms with Gasteiger partial charge < -0.3 is 9.84 Å². The van der Waals surface area contributed by atoms with Gasteiger partial charge in [-0.3, -0.25) is 0 Å². The first-order valence-corrected chi connectivity index (χ1v) is 7.61. The smallest absolute Gasteiger partial charge is 0.165 e. The van der Waals surface area contributed by atoms with Crippen molar-refractivity contribution in [2.24, 2.45) is 5.92 Å². The lowest BCUT2D eigenvalue weighted by Gasteiger charge is -2.27. The van der Waals surface area contributed by atoms with Crippen molar-refractivity contribution in [1.82, 2.24) is 0 Å². The fourth-order valence-electron chi connectivity index (χ4n) is 3.25. The van der Waals surface area contributed by atoms with E-state index < -0.39 is 5.60 Å². The van der Waals surface area contributed by atoms with Crippen molar-refractivity contribution >= 4 is 0 Å². The van der Waals surface area contributed by atoms with E-state index in [1.54, 1.807) is 6.07 Å². The molecule has 3 heteroatoms. The SMILES string of the molecule is CCC1CCCC(O)(Cc2ccc(OC)c(F)c2)CC1. The highest BCUT2D eigenvalue weighted by Gasteiger charge is 2.30. The zero-order valence-corrected chi connectivity index (χ0v) is 12.5. The van der Waals surface area contributed by atoms with Crippen LogP contribution in [0.25, 0.3) is 0 Å². The van der Waals surface area contributed by atoms with Crippen molar-refractivity contribution in [3.63, 3.8) is 0 Å². The lowest BCUT2D eigenvalue weighted by molar-refractivity contribution is 0.0241. The first-order chi connectivity index (χ1) is 9.56. The standard InChI is InChI=1S/C17H25FO2/c1-3-13-5-4-9-17(19,10-8-13)12-14-6-7-16(20-2)15(18)11-14/h6-7,11,13,19H,3-5,8-10,12H2,1-2H3. The van der Waals surface area contributed by atoms with Crippen molar-refractivity contribution in [3.05, 3.63) is 29.6 Å². The van der Waals surface area contributed by atoms with Gasteiger partial charge in [0.15, 0.2) is 11.6 Å². The number of benzene rings is 1. The minimum Gasteiger partial charge on any atom is -0.494 e. The van der Waals surface area contributed by atoms with Crippen molar-refractivity contribution in [2.45, 2.75) is 57.5 Å². The molecule has 0 radical (unpaired) electrons. The summed E-state index contributed by atoms with van der Waals surface area (Å²) >= 11 is 0. The number of rotatable bonds is 4. The van der Waals surface area contributed by atoms with Crippen LogP contribution in [0.15, 0.2) is 18.2 Å². The second-order valence-electron chi connectivity index (χ2n) is 6.08. The van der Waals surface area contributed by atoms with Gasteiger partial charge in [0.05, 0.1) is 12.7 Å². The average molecular weight is 280 g/mol. The summed E-state index contributed by atoms with van der Waals surface area (Å²) in [5, 5.41) is 10.8. The lowest BCUT2D eigenvalue weighted by Crippen LogP contribution is -2.30. The Morgan fingerprint density at radius 2 is 2.15 bits per heavy atom. The number of aliphatic hydroxyl groups is 1. The predicted molar refractivity (Wildman–Crippen MR) is 78.5 cm³/mol. The van der Waals surface area contributed by atoms with E-state index in [1.165, 1.54) is 26.0 Å². The number of hydrogen-bond donors (Lipinski definition) is 1. The van der Waals surface area contributed by atoms with Crippen LogP contribution in [0.3, 0.4) is 0 Å². The van der Waals surface area contributed by atoms with E-state index in [1.807, 2.05) is 6.07 Å². The first-order valence-electron chi connectivity index (χ1n) is 7.61. The number of methoxy groups -OCH3 is 1. The average Bonchev–Trinajstić information content (AvgIpc) is 2.61. The van der Waals surface area contributed by atoms with Gasteiger partial charge in [0, 0.05) is 6.42 Å². The van der Waals surface area contributed by atoms with Crippen LogP contribution in [0.4, 0.5) is 4.39 Å². The minimum atomic E-state index is -0.676. The van der Waals surface area contributed by atoms with Crippen LogP contribution in [0.5, 0.6) is 5.75 Å². The third kappa shape index (κ3) is 3.72. The largest absolute Gasteiger partial charge is 0.494 e. The predicted octanol–water partition coefficient (Wildman–Crippen LogP) is 4.10. The molecule has 1 aromatic rings. The molecular weight excluding hydrogens is 255 g/mol. The molecule has 1 aliphatic carbocycles. The van der Waals surface area contributed by atoms with Gasteiger partial charge in [-0.2, -0.15) is 0 Å². The van der Waals surface area contributed by atoms with Gasteiger partial charge in [0.2, 0.25) is 0 Å². The number of halogens is 1. The van der Waals surface area contributed by atoms with Crippen LogP contribution in [-0.2, 0) is 6.42 Å². The third-order valence-electron chi connectivity index (χ3n) is 4.60. The molecule has 1 N–H and O–H groups in total. The zero-order valence-electron chi connectivity index (χ0n) is 12.5. The molecule has 1 aliphatic rings. The monoisotopic (exact) mass is 280 g/mol. The summed E-state index contributed by atoms with van der Waals surface area (Å²) in [5.74, 6) is 0.637. The van der Waals surface area contributed by atoms with Gasteiger partial charge in [-0.1, -0.05) is 32.3 Å². The van der Waals surface area contributed by atoms with E-state index in [0.717, 1.165) is 37.2 Å². The maximum atomic E-state index is 13.7. The van der Waals surface area contributed by atoms with E-state index >= 15 is 0 Å². The Hall–Kier alpha value is -1.09. The van der Waals surface area contributed by atoms with Crippen LogP contribution in [0.2, 0.25) is 0 Å². The molecule has 1 fully saturated rings. The van der Waals surface area contributed by atoms with Crippen LogP contribution < -0.4 is 4.74 Å². The van der Waals surface area contributed by atoms with Gasteiger partial charge in [-0.05, 0) is 42.9 Å². The molecule has 2 nitrogen and oxygen atoms in total. The number of ether oxygens (including phenoxy) is 1. The normalized spacial score (nSPS) is 27.1. The fourth-order valence-corrected chi connectivity index (χ4v) is 3.25. The topological polar surface area (TPSA) is 29.5 Å². The second kappa shape index (κ2) is 6.57. The molecule has 0 spiro atoms. The summed E-state index contributed by atoms with van der Waals surface area (Å²) in [5.41, 5.74) is 0.172. The Morgan fingerprint density at radius 3 is 2.80 bits per heavy atom. The van der Waals surface area contributed by atoms with E-state index in [-0.39, 0.29) is 11.6 Å². The van der Waals surface area contributed by atoms with Gasteiger partial charge in [-0.25, -0.2) is 4.39 Å². The molecule has 0 bridgehead atoms. The molecule has 2 atom stereocenters. The lowest BCUT2D eigenvalue weighted by atomic mass is 9.87. The van der Waals surface area contributed by atoms with Gasteiger partial charge in [-0.15, -0.1) is 0 Å². The highest BCUT2D eigenvalue weighted by Crippen LogP contribution is 2.34. The summed E-state index contributed by atoms with van der Waals surface area (Å²) < 4.78 is 18.6. The Labute approximate surface area is 121 Å². The summed E-state index contributed by atoms with van der Waals surface area (Å²) in [4.78, 5) is 0. The second-order valence-corrected chi connectivity index (χ2v) is 6.08. The highest BCUT2D eigenvalue weighted by molar-refractivity contribution is 5.30. The highest BCUT2D eigenvalue weighted by atomic mass is 19.1. The van der Waals surface area contributed by atoms with Crippen LogP contribution in [0, 0.1) is 11.7 Å². The number of hydrogen-bond acceptors (Lipinski definition) is 2. The fraction of sp³-hybridized carbons (Fsp3) is 0.647. The molecule has 20 heavy (non-hydrogen) atoms. The summed E-state index contributed by atoms with van der Waals surface area (Å²) in [6, 6.07) is 4.97. The quantitative estimate of drug-likeness (QED) is 0.841. The molecule has 112 valence electrons. The van der Waals surface area contributed by atoms with E-state index in [4.69, 9.17) is 4.74 Å².